The number of hydrogen-bond donors (Lipinski definition) is 4. The quantitative estimate of drug-likeness (QED) is 0.638. The van der Waals surface area contributed by atoms with Crippen LogP contribution in [-0.2, 0) is 12.8 Å². The first kappa shape index (κ1) is 15.5. The van der Waals surface area contributed by atoms with E-state index in [9.17, 15) is 10.2 Å². The van der Waals surface area contributed by atoms with Crippen LogP contribution in [0.15, 0.2) is 12.1 Å². The third kappa shape index (κ3) is 2.47. The van der Waals surface area contributed by atoms with Gasteiger partial charge in [-0.05, 0) is 56.7 Å². The normalized spacial score (nSPS) is 26.5. The highest BCUT2D eigenvalue weighted by Crippen LogP contribution is 2.39. The first-order valence-electron chi connectivity index (χ1n) is 8.92. The Labute approximate surface area is 142 Å². The van der Waals surface area contributed by atoms with E-state index in [1.165, 1.54) is 5.56 Å². The summed E-state index contributed by atoms with van der Waals surface area (Å²) in [6.07, 6.45) is 4.20. The number of anilines is 1. The summed E-state index contributed by atoms with van der Waals surface area (Å²) in [6, 6.07) is 4.10. The summed E-state index contributed by atoms with van der Waals surface area (Å²) < 4.78 is 0. The average Bonchev–Trinajstić information content (AvgIpc) is 3.01. The summed E-state index contributed by atoms with van der Waals surface area (Å²) in [5, 5.41) is 28.0. The molecular formula is C19H25N3O2. The second-order valence-electron chi connectivity index (χ2n) is 7.27. The molecule has 0 radical (unpaired) electrons. The number of phenolic OH excluding ortho intramolecular Hbond substituents is 2. The SMILES string of the molecule is CC1NCCC(Nc2c3c(nc4cc(O)c(O)cc24)CCC3)C1C. The summed E-state index contributed by atoms with van der Waals surface area (Å²) in [5.41, 5.74) is 4.27. The lowest BCUT2D eigenvalue weighted by atomic mass is 9.88. The molecule has 3 atom stereocenters. The van der Waals surface area contributed by atoms with E-state index in [1.54, 1.807) is 12.1 Å². The van der Waals surface area contributed by atoms with Gasteiger partial charge in [-0.3, -0.25) is 4.98 Å². The van der Waals surface area contributed by atoms with Crippen molar-refractivity contribution in [1.82, 2.24) is 10.3 Å². The van der Waals surface area contributed by atoms with E-state index in [0.717, 1.165) is 54.5 Å². The monoisotopic (exact) mass is 327 g/mol. The number of fused-ring (bicyclic) bond motifs is 2. The van der Waals surface area contributed by atoms with Crippen LogP contribution in [0.5, 0.6) is 11.5 Å². The van der Waals surface area contributed by atoms with Gasteiger partial charge in [0.2, 0.25) is 0 Å². The first-order valence-corrected chi connectivity index (χ1v) is 8.92. The molecule has 0 bridgehead atoms. The number of aromatic hydroxyl groups is 2. The lowest BCUT2D eigenvalue weighted by Gasteiger charge is -2.36. The molecule has 0 spiro atoms. The van der Waals surface area contributed by atoms with Gasteiger partial charge in [0.05, 0.1) is 5.52 Å². The zero-order valence-corrected chi connectivity index (χ0v) is 14.3. The fourth-order valence-corrected chi connectivity index (χ4v) is 4.10. The number of aryl methyl sites for hydroxylation is 1. The molecule has 24 heavy (non-hydrogen) atoms. The lowest BCUT2D eigenvalue weighted by Crippen LogP contribution is -2.48. The van der Waals surface area contributed by atoms with Crippen LogP contribution in [0.25, 0.3) is 10.9 Å². The summed E-state index contributed by atoms with van der Waals surface area (Å²) in [6.45, 7) is 5.53. The van der Waals surface area contributed by atoms with Gasteiger partial charge in [-0.2, -0.15) is 0 Å². The lowest BCUT2D eigenvalue weighted by molar-refractivity contribution is 0.292. The number of phenols is 2. The molecule has 1 saturated heterocycles. The topological polar surface area (TPSA) is 77.4 Å². The van der Waals surface area contributed by atoms with E-state index < -0.39 is 0 Å². The minimum absolute atomic E-state index is 0.0861. The van der Waals surface area contributed by atoms with Crippen LogP contribution in [0, 0.1) is 5.92 Å². The van der Waals surface area contributed by atoms with E-state index in [2.05, 4.69) is 24.5 Å². The van der Waals surface area contributed by atoms with Gasteiger partial charge in [-0.1, -0.05) is 6.92 Å². The van der Waals surface area contributed by atoms with Crippen molar-refractivity contribution in [1.29, 1.82) is 0 Å². The maximum Gasteiger partial charge on any atom is 0.159 e. The van der Waals surface area contributed by atoms with Crippen LogP contribution in [0.4, 0.5) is 5.69 Å². The third-order valence-electron chi connectivity index (χ3n) is 5.78. The third-order valence-corrected chi connectivity index (χ3v) is 5.78. The summed E-state index contributed by atoms with van der Waals surface area (Å²) in [5.74, 6) is 0.324. The van der Waals surface area contributed by atoms with Crippen molar-refractivity contribution in [2.24, 2.45) is 5.92 Å². The highest BCUT2D eigenvalue weighted by Gasteiger charge is 2.29. The standard InChI is InChI=1S/C19H25N3O2/c1-10-11(2)20-7-6-14(10)22-19-12-4-3-5-15(12)21-16-9-18(24)17(23)8-13(16)19/h8-11,14,20,23-24H,3-7H2,1-2H3,(H,21,22). The second-order valence-corrected chi connectivity index (χ2v) is 7.27. The number of hydrogen-bond acceptors (Lipinski definition) is 5. The Morgan fingerprint density at radius 3 is 2.79 bits per heavy atom. The smallest absolute Gasteiger partial charge is 0.159 e. The van der Waals surface area contributed by atoms with Gasteiger partial charge < -0.3 is 20.8 Å². The molecular weight excluding hydrogens is 302 g/mol. The predicted molar refractivity (Wildman–Crippen MR) is 95.8 cm³/mol. The van der Waals surface area contributed by atoms with Crippen molar-refractivity contribution in [3.05, 3.63) is 23.4 Å². The number of piperidine rings is 1. The summed E-state index contributed by atoms with van der Waals surface area (Å²) >= 11 is 0. The van der Waals surface area contributed by atoms with Crippen molar-refractivity contribution in [3.63, 3.8) is 0 Å². The molecule has 2 heterocycles. The molecule has 1 aliphatic carbocycles. The van der Waals surface area contributed by atoms with Gasteiger partial charge in [-0.15, -0.1) is 0 Å². The molecule has 1 aliphatic heterocycles. The maximum atomic E-state index is 9.97. The van der Waals surface area contributed by atoms with Gasteiger partial charge in [0.1, 0.15) is 0 Å². The molecule has 3 unspecified atom stereocenters. The predicted octanol–water partition coefficient (Wildman–Crippen LogP) is 2.93. The van der Waals surface area contributed by atoms with Crippen molar-refractivity contribution >= 4 is 16.6 Å². The molecule has 128 valence electrons. The first-order chi connectivity index (χ1) is 11.5. The molecule has 1 aromatic heterocycles. The van der Waals surface area contributed by atoms with Crippen LogP contribution in [0.3, 0.4) is 0 Å². The largest absolute Gasteiger partial charge is 0.504 e. The fourth-order valence-electron chi connectivity index (χ4n) is 4.10. The van der Waals surface area contributed by atoms with Gasteiger partial charge in [-0.25, -0.2) is 0 Å². The van der Waals surface area contributed by atoms with E-state index in [-0.39, 0.29) is 11.5 Å². The molecule has 0 saturated carbocycles. The Bertz CT molecular complexity index is 790. The molecule has 4 rings (SSSR count). The molecule has 5 nitrogen and oxygen atoms in total. The highest BCUT2D eigenvalue weighted by atomic mass is 16.3. The van der Waals surface area contributed by atoms with Crippen molar-refractivity contribution in [2.75, 3.05) is 11.9 Å². The van der Waals surface area contributed by atoms with Crippen LogP contribution < -0.4 is 10.6 Å². The Morgan fingerprint density at radius 1 is 1.17 bits per heavy atom. The van der Waals surface area contributed by atoms with Gasteiger partial charge in [0, 0.05) is 34.9 Å². The van der Waals surface area contributed by atoms with Crippen molar-refractivity contribution in [2.45, 2.75) is 51.6 Å². The van der Waals surface area contributed by atoms with Crippen LogP contribution in [0.1, 0.15) is 37.9 Å². The Balaban J connectivity index is 1.82. The molecule has 4 N–H and O–H groups in total. The Hall–Kier alpha value is -2.01. The number of aromatic nitrogens is 1. The maximum absolute atomic E-state index is 9.97. The molecule has 1 aromatic carbocycles. The molecule has 0 amide bonds. The van der Waals surface area contributed by atoms with E-state index in [1.807, 2.05) is 0 Å². The number of nitrogens with zero attached hydrogens (tertiary/aromatic N) is 1. The van der Waals surface area contributed by atoms with Crippen molar-refractivity contribution in [3.8, 4) is 11.5 Å². The average molecular weight is 327 g/mol. The van der Waals surface area contributed by atoms with Gasteiger partial charge in [0.25, 0.3) is 0 Å². The number of rotatable bonds is 2. The Morgan fingerprint density at radius 2 is 1.96 bits per heavy atom. The highest BCUT2D eigenvalue weighted by molar-refractivity contribution is 5.96. The van der Waals surface area contributed by atoms with E-state index >= 15 is 0 Å². The number of nitrogens with one attached hydrogen (secondary N) is 2. The fraction of sp³-hybridized carbons (Fsp3) is 0.526. The summed E-state index contributed by atoms with van der Waals surface area (Å²) in [7, 11) is 0. The summed E-state index contributed by atoms with van der Waals surface area (Å²) in [4.78, 5) is 4.72. The van der Waals surface area contributed by atoms with Gasteiger partial charge >= 0.3 is 0 Å². The van der Waals surface area contributed by atoms with Crippen LogP contribution in [-0.4, -0.2) is 33.8 Å². The number of pyridine rings is 1. The zero-order valence-electron chi connectivity index (χ0n) is 14.3. The molecule has 5 heteroatoms. The second kappa shape index (κ2) is 5.81. The van der Waals surface area contributed by atoms with Crippen LogP contribution >= 0.6 is 0 Å². The number of benzene rings is 1. The van der Waals surface area contributed by atoms with Crippen molar-refractivity contribution < 1.29 is 10.2 Å². The van der Waals surface area contributed by atoms with E-state index in [0.29, 0.717) is 18.0 Å². The van der Waals surface area contributed by atoms with Gasteiger partial charge in [0.15, 0.2) is 11.5 Å². The molecule has 2 aromatic rings. The minimum atomic E-state index is -0.109. The van der Waals surface area contributed by atoms with E-state index in [4.69, 9.17) is 4.98 Å². The zero-order chi connectivity index (χ0) is 16.8. The molecule has 1 fully saturated rings. The molecule has 2 aliphatic rings. The minimum Gasteiger partial charge on any atom is -0.504 e. The Kier molecular flexibility index (Phi) is 3.76. The van der Waals surface area contributed by atoms with Crippen LogP contribution in [0.2, 0.25) is 0 Å².